The second-order valence-electron chi connectivity index (χ2n) is 6.87. The second-order valence-corrected chi connectivity index (χ2v) is 8.18. The number of aromatic nitrogens is 5. The number of benzene rings is 2. The highest BCUT2D eigenvalue weighted by Crippen LogP contribution is 2.42. The monoisotopic (exact) mass is 389 g/mol. The van der Waals surface area contributed by atoms with E-state index < -0.39 is 0 Å². The van der Waals surface area contributed by atoms with Crippen molar-refractivity contribution < 1.29 is 4.52 Å². The van der Waals surface area contributed by atoms with Gasteiger partial charge in [-0.25, -0.2) is 0 Å². The van der Waals surface area contributed by atoms with E-state index in [1.807, 2.05) is 55.5 Å². The van der Waals surface area contributed by atoms with Crippen LogP contribution in [0.1, 0.15) is 42.6 Å². The van der Waals surface area contributed by atoms with Crippen molar-refractivity contribution in [2.75, 3.05) is 0 Å². The molecule has 0 N–H and O–H groups in total. The molecule has 0 aliphatic heterocycles. The van der Waals surface area contributed by atoms with Crippen LogP contribution in [0.3, 0.4) is 0 Å². The first-order valence-electron chi connectivity index (χ1n) is 9.36. The molecular weight excluding hydrogens is 370 g/mol. The van der Waals surface area contributed by atoms with Crippen LogP contribution in [0.2, 0.25) is 0 Å². The number of hydrogen-bond donors (Lipinski definition) is 0. The van der Waals surface area contributed by atoms with Gasteiger partial charge in [-0.05, 0) is 31.9 Å². The van der Waals surface area contributed by atoms with Crippen molar-refractivity contribution in [1.82, 2.24) is 24.9 Å². The van der Waals surface area contributed by atoms with Gasteiger partial charge < -0.3 is 4.52 Å². The number of hydrogen-bond acceptors (Lipinski definition) is 6. The van der Waals surface area contributed by atoms with E-state index in [2.05, 4.69) is 37.0 Å². The summed E-state index contributed by atoms with van der Waals surface area (Å²) >= 11 is 1.59. The van der Waals surface area contributed by atoms with Crippen LogP contribution in [0.15, 0.2) is 70.3 Å². The molecule has 1 fully saturated rings. The van der Waals surface area contributed by atoms with Gasteiger partial charge in [0.25, 0.3) is 0 Å². The van der Waals surface area contributed by atoms with E-state index in [1.54, 1.807) is 11.8 Å². The molecule has 140 valence electrons. The molecule has 0 saturated heterocycles. The zero-order valence-corrected chi connectivity index (χ0v) is 16.2. The molecule has 1 aliphatic rings. The molecule has 4 aromatic rings. The molecule has 1 saturated carbocycles. The van der Waals surface area contributed by atoms with Crippen LogP contribution in [0.5, 0.6) is 0 Å². The Kier molecular flexibility index (Phi) is 4.44. The third kappa shape index (κ3) is 3.33. The maximum absolute atomic E-state index is 5.53. The van der Waals surface area contributed by atoms with Crippen LogP contribution in [0.4, 0.5) is 0 Å². The van der Waals surface area contributed by atoms with Crippen LogP contribution in [-0.4, -0.2) is 24.9 Å². The van der Waals surface area contributed by atoms with Crippen molar-refractivity contribution in [2.24, 2.45) is 0 Å². The molecule has 2 heterocycles. The van der Waals surface area contributed by atoms with Crippen LogP contribution in [-0.2, 0) is 0 Å². The third-order valence-corrected chi connectivity index (χ3v) is 5.75. The van der Waals surface area contributed by atoms with Crippen molar-refractivity contribution in [3.8, 4) is 17.1 Å². The summed E-state index contributed by atoms with van der Waals surface area (Å²) in [7, 11) is 0. The van der Waals surface area contributed by atoms with E-state index >= 15 is 0 Å². The van der Waals surface area contributed by atoms with E-state index in [-0.39, 0.29) is 5.25 Å². The third-order valence-electron chi connectivity index (χ3n) is 4.72. The predicted molar refractivity (Wildman–Crippen MR) is 107 cm³/mol. The maximum Gasteiger partial charge on any atom is 0.240 e. The Morgan fingerprint density at radius 1 is 1.00 bits per heavy atom. The molecule has 0 spiro atoms. The molecule has 1 aliphatic carbocycles. The summed E-state index contributed by atoms with van der Waals surface area (Å²) < 4.78 is 7.69. The number of para-hydroxylation sites is 1. The minimum absolute atomic E-state index is 0.0383. The minimum atomic E-state index is -0.0383. The Morgan fingerprint density at radius 2 is 1.71 bits per heavy atom. The number of nitrogens with zero attached hydrogens (tertiary/aromatic N) is 5. The van der Waals surface area contributed by atoms with E-state index in [0.29, 0.717) is 17.6 Å². The van der Waals surface area contributed by atoms with Gasteiger partial charge in [-0.2, -0.15) is 4.98 Å². The molecule has 2 aromatic carbocycles. The highest BCUT2D eigenvalue weighted by molar-refractivity contribution is 7.99. The first-order valence-corrected chi connectivity index (χ1v) is 10.2. The average Bonchev–Trinajstić information content (AvgIpc) is 3.31. The molecule has 2 aromatic heterocycles. The summed E-state index contributed by atoms with van der Waals surface area (Å²) in [6, 6.07) is 20.1. The Labute approximate surface area is 167 Å². The van der Waals surface area contributed by atoms with Crippen LogP contribution < -0.4 is 0 Å². The van der Waals surface area contributed by atoms with Gasteiger partial charge in [-0.3, -0.25) is 4.57 Å². The van der Waals surface area contributed by atoms with Crippen molar-refractivity contribution in [2.45, 2.75) is 36.1 Å². The van der Waals surface area contributed by atoms with Crippen LogP contribution in [0.25, 0.3) is 17.1 Å². The summed E-state index contributed by atoms with van der Waals surface area (Å²) in [6.07, 6.45) is 2.35. The highest BCUT2D eigenvalue weighted by Gasteiger charge is 2.31. The predicted octanol–water partition coefficient (Wildman–Crippen LogP) is 5.05. The number of thioether (sulfide) groups is 1. The van der Waals surface area contributed by atoms with Gasteiger partial charge >= 0.3 is 0 Å². The fraction of sp³-hybridized carbons (Fsp3) is 0.238. The lowest BCUT2D eigenvalue weighted by Crippen LogP contribution is -2.02. The van der Waals surface area contributed by atoms with Gasteiger partial charge in [0.05, 0.1) is 5.25 Å². The van der Waals surface area contributed by atoms with Gasteiger partial charge in [-0.15, -0.1) is 10.2 Å². The Bertz CT molecular complexity index is 1070. The van der Waals surface area contributed by atoms with Gasteiger partial charge in [-0.1, -0.05) is 65.4 Å². The average molecular weight is 389 g/mol. The van der Waals surface area contributed by atoms with E-state index in [0.717, 1.165) is 22.2 Å². The fourth-order valence-electron chi connectivity index (χ4n) is 3.10. The lowest BCUT2D eigenvalue weighted by molar-refractivity contribution is 0.380. The fourth-order valence-corrected chi connectivity index (χ4v) is 4.00. The molecule has 28 heavy (non-hydrogen) atoms. The molecule has 6 nitrogen and oxygen atoms in total. The second kappa shape index (κ2) is 7.24. The van der Waals surface area contributed by atoms with E-state index in [9.17, 15) is 0 Å². The Balaban J connectivity index is 1.43. The van der Waals surface area contributed by atoms with Gasteiger partial charge in [0, 0.05) is 17.2 Å². The summed E-state index contributed by atoms with van der Waals surface area (Å²) in [4.78, 5) is 4.58. The van der Waals surface area contributed by atoms with Crippen LogP contribution >= 0.6 is 11.8 Å². The maximum atomic E-state index is 5.53. The first-order chi connectivity index (χ1) is 13.8. The van der Waals surface area contributed by atoms with Crippen molar-refractivity contribution in [3.05, 3.63) is 72.4 Å². The van der Waals surface area contributed by atoms with Gasteiger partial charge in [0.15, 0.2) is 5.16 Å². The lowest BCUT2D eigenvalue weighted by atomic mass is 10.2. The van der Waals surface area contributed by atoms with Crippen molar-refractivity contribution in [3.63, 3.8) is 0 Å². The topological polar surface area (TPSA) is 69.6 Å². The van der Waals surface area contributed by atoms with E-state index in [1.165, 1.54) is 12.8 Å². The van der Waals surface area contributed by atoms with Crippen LogP contribution in [0, 0.1) is 0 Å². The highest BCUT2D eigenvalue weighted by atomic mass is 32.2. The molecule has 0 amide bonds. The summed E-state index contributed by atoms with van der Waals surface area (Å²) in [5.41, 5.74) is 2.03. The molecule has 0 radical (unpaired) electrons. The zero-order valence-electron chi connectivity index (χ0n) is 15.4. The molecule has 5 rings (SSSR count). The first kappa shape index (κ1) is 17.2. The molecule has 1 unspecified atom stereocenters. The summed E-state index contributed by atoms with van der Waals surface area (Å²) in [5.74, 6) is 2.73. The van der Waals surface area contributed by atoms with Gasteiger partial charge in [0.2, 0.25) is 11.7 Å². The van der Waals surface area contributed by atoms with Crippen molar-refractivity contribution in [1.29, 1.82) is 0 Å². The number of rotatable bonds is 6. The SMILES string of the molecule is CC(Sc1nnc(C2CC2)n1-c1ccccc1)c1nc(-c2ccccc2)no1. The van der Waals surface area contributed by atoms with Crippen molar-refractivity contribution >= 4 is 11.8 Å². The summed E-state index contributed by atoms with van der Waals surface area (Å²) in [6.45, 7) is 2.05. The quantitative estimate of drug-likeness (QED) is 0.430. The molecule has 7 heteroatoms. The molecule has 1 atom stereocenters. The van der Waals surface area contributed by atoms with Gasteiger partial charge in [0.1, 0.15) is 5.82 Å². The zero-order chi connectivity index (χ0) is 18.9. The largest absolute Gasteiger partial charge is 0.338 e. The van der Waals surface area contributed by atoms with E-state index in [4.69, 9.17) is 4.52 Å². The Morgan fingerprint density at radius 3 is 2.43 bits per heavy atom. The normalized spacial score (nSPS) is 14.9. The standard InChI is InChI=1S/C21H19N5OS/c1-14(20-22-18(25-27-20)15-8-4-2-5-9-15)28-21-24-23-19(16-12-13-16)26(21)17-10-6-3-7-11-17/h2-11,14,16H,12-13H2,1H3. The molecular formula is C21H19N5OS. The Hall–Kier alpha value is -2.93. The molecule has 0 bridgehead atoms. The lowest BCUT2D eigenvalue weighted by Gasteiger charge is -2.11. The summed E-state index contributed by atoms with van der Waals surface area (Å²) in [5, 5.41) is 13.9. The minimum Gasteiger partial charge on any atom is -0.338 e. The smallest absolute Gasteiger partial charge is 0.240 e.